The molecule has 3 aromatic carbocycles. The van der Waals surface area contributed by atoms with Crippen molar-refractivity contribution in [2.45, 2.75) is 6.92 Å². The summed E-state index contributed by atoms with van der Waals surface area (Å²) in [6.45, 7) is 1.74. The van der Waals surface area contributed by atoms with E-state index in [0.717, 1.165) is 34.7 Å². The fraction of sp³-hybridized carbons (Fsp3) is 0.0870. The van der Waals surface area contributed by atoms with Gasteiger partial charge in [-0.05, 0) is 25.1 Å². The van der Waals surface area contributed by atoms with Crippen LogP contribution in [0.4, 0.5) is 23.0 Å². The van der Waals surface area contributed by atoms with Crippen molar-refractivity contribution >= 4 is 39.8 Å². The van der Waals surface area contributed by atoms with E-state index in [-0.39, 0.29) is 18.2 Å². The summed E-state index contributed by atoms with van der Waals surface area (Å²) in [5.74, 6) is -0.330. The van der Waals surface area contributed by atoms with Crippen LogP contribution in [0, 0.1) is 27.2 Å². The molecule has 0 spiro atoms. The highest BCUT2D eigenvalue weighted by molar-refractivity contribution is 5.93. The topological polar surface area (TPSA) is 165 Å². The third-order valence-corrected chi connectivity index (χ3v) is 5.03. The lowest BCUT2D eigenvalue weighted by Crippen LogP contribution is -2.34. The van der Waals surface area contributed by atoms with Crippen LogP contribution in [-0.4, -0.2) is 32.3 Å². The van der Waals surface area contributed by atoms with Gasteiger partial charge in [-0.2, -0.15) is 0 Å². The number of hydrogen-bond acceptors (Lipinski definition) is 9. The summed E-state index contributed by atoms with van der Waals surface area (Å²) in [6.07, 6.45) is 0. The number of aromatic nitrogens is 2. The van der Waals surface area contributed by atoms with Gasteiger partial charge in [0.15, 0.2) is 0 Å². The van der Waals surface area contributed by atoms with E-state index in [1.165, 1.54) is 0 Å². The van der Waals surface area contributed by atoms with Gasteiger partial charge in [0.1, 0.15) is 5.69 Å². The lowest BCUT2D eigenvalue weighted by molar-refractivity contribution is -0.393. The number of rotatable bonds is 8. The zero-order valence-electron chi connectivity index (χ0n) is 18.4. The average molecular weight is 473 g/mol. The second-order valence-corrected chi connectivity index (χ2v) is 7.52. The summed E-state index contributed by atoms with van der Waals surface area (Å²) >= 11 is 0. The summed E-state index contributed by atoms with van der Waals surface area (Å²) in [4.78, 5) is 42.0. The highest BCUT2D eigenvalue weighted by atomic mass is 16.6. The Morgan fingerprint density at radius 1 is 0.943 bits per heavy atom. The fourth-order valence-corrected chi connectivity index (χ4v) is 3.37. The highest BCUT2D eigenvalue weighted by Crippen LogP contribution is 2.29. The van der Waals surface area contributed by atoms with E-state index in [1.54, 1.807) is 0 Å². The number of fused-ring (bicyclic) bond motifs is 1. The predicted molar refractivity (Wildman–Crippen MR) is 130 cm³/mol. The first-order valence-electron chi connectivity index (χ1n) is 10.4. The third kappa shape index (κ3) is 5.27. The van der Waals surface area contributed by atoms with Crippen molar-refractivity contribution < 1.29 is 14.6 Å². The van der Waals surface area contributed by atoms with Gasteiger partial charge in [0.2, 0.25) is 5.95 Å². The minimum absolute atomic E-state index is 0.0994. The Hall–Kier alpha value is -5.13. The number of anilines is 2. The van der Waals surface area contributed by atoms with E-state index in [1.807, 2.05) is 55.5 Å². The van der Waals surface area contributed by atoms with Gasteiger partial charge in [-0.3, -0.25) is 35.9 Å². The Morgan fingerprint density at radius 3 is 2.43 bits per heavy atom. The van der Waals surface area contributed by atoms with Crippen molar-refractivity contribution in [2.75, 3.05) is 17.3 Å². The molecule has 3 N–H and O–H groups in total. The Bertz CT molecular complexity index is 1440. The molecule has 4 rings (SSSR count). The molecule has 1 amide bonds. The van der Waals surface area contributed by atoms with Crippen LogP contribution in [0.1, 0.15) is 5.56 Å². The number of benzene rings is 3. The summed E-state index contributed by atoms with van der Waals surface area (Å²) in [5.41, 5.74) is 7.03. The number of nitrogens with zero attached hydrogens (tertiary/aromatic N) is 4. The van der Waals surface area contributed by atoms with Crippen LogP contribution in [0.2, 0.25) is 0 Å². The summed E-state index contributed by atoms with van der Waals surface area (Å²) in [7, 11) is 0. The van der Waals surface area contributed by atoms with Crippen LogP contribution in [0.15, 0.2) is 66.7 Å². The number of non-ortho nitro benzene ring substituents is 1. The summed E-state index contributed by atoms with van der Waals surface area (Å²) in [6, 6.07) is 18.4. The number of hydrogen-bond donors (Lipinski definition) is 3. The van der Waals surface area contributed by atoms with Crippen LogP contribution in [0.3, 0.4) is 0 Å². The predicted octanol–water partition coefficient (Wildman–Crippen LogP) is 3.98. The second-order valence-electron chi connectivity index (χ2n) is 7.52. The first kappa shape index (κ1) is 23.0. The minimum atomic E-state index is -0.782. The second kappa shape index (κ2) is 9.79. The first-order chi connectivity index (χ1) is 16.8. The molecule has 0 saturated heterocycles. The number of amides is 1. The fourth-order valence-electron chi connectivity index (χ4n) is 3.37. The van der Waals surface area contributed by atoms with Crippen LogP contribution in [0.5, 0.6) is 0 Å². The number of nitro groups is 2. The molecule has 0 aliphatic carbocycles. The van der Waals surface area contributed by atoms with Crippen molar-refractivity contribution in [1.29, 1.82) is 0 Å². The largest absolute Gasteiger partial charge is 0.345 e. The first-order valence-corrected chi connectivity index (χ1v) is 10.4. The maximum Gasteiger partial charge on any atom is 0.300 e. The van der Waals surface area contributed by atoms with Gasteiger partial charge in [0.25, 0.3) is 11.6 Å². The van der Waals surface area contributed by atoms with Crippen LogP contribution in [-0.2, 0) is 4.79 Å². The van der Waals surface area contributed by atoms with Crippen molar-refractivity contribution in [2.24, 2.45) is 0 Å². The average Bonchev–Trinajstić information content (AvgIpc) is 2.86. The van der Waals surface area contributed by atoms with Gasteiger partial charge in [-0.15, -0.1) is 0 Å². The molecule has 35 heavy (non-hydrogen) atoms. The Kier molecular flexibility index (Phi) is 6.44. The van der Waals surface area contributed by atoms with Crippen molar-refractivity contribution in [1.82, 2.24) is 15.4 Å². The normalized spacial score (nSPS) is 10.5. The Balaban J connectivity index is 1.49. The van der Waals surface area contributed by atoms with E-state index in [9.17, 15) is 25.0 Å². The zero-order chi connectivity index (χ0) is 24.9. The molecular weight excluding hydrogens is 454 g/mol. The summed E-state index contributed by atoms with van der Waals surface area (Å²) in [5, 5.41) is 25.8. The van der Waals surface area contributed by atoms with Crippen molar-refractivity contribution in [3.63, 3.8) is 0 Å². The van der Waals surface area contributed by atoms with Gasteiger partial charge in [0.05, 0.1) is 33.7 Å². The molecule has 0 atom stereocenters. The number of nitrogens with one attached hydrogen (secondary N) is 3. The number of carbonyl (C=O) groups is 1. The van der Waals surface area contributed by atoms with E-state index in [2.05, 4.69) is 26.1 Å². The van der Waals surface area contributed by atoms with Gasteiger partial charge >= 0.3 is 5.69 Å². The SMILES string of the molecule is Cc1ccc2nc(NCC(=O)NNc3ccc([N+](=O)[O-])cc3[N+](=O)[O-])nc(-c3ccccc3)c2c1. The van der Waals surface area contributed by atoms with Gasteiger partial charge in [-0.1, -0.05) is 42.0 Å². The standard InChI is InChI=1S/C23H19N7O5/c1-14-7-9-18-17(11-14)22(15-5-3-2-4-6-15)26-23(25-18)24-13-21(31)28-27-19-10-8-16(29(32)33)12-20(19)30(34)35/h2-12,27H,13H2,1H3,(H,28,31)(H,24,25,26). The number of aryl methyl sites for hydroxylation is 1. The molecule has 0 bridgehead atoms. The molecule has 0 aliphatic heterocycles. The zero-order valence-corrected chi connectivity index (χ0v) is 18.4. The third-order valence-electron chi connectivity index (χ3n) is 5.03. The number of nitro benzene ring substituents is 2. The molecule has 0 aliphatic rings. The minimum Gasteiger partial charge on any atom is -0.345 e. The Morgan fingerprint density at radius 2 is 1.71 bits per heavy atom. The lowest BCUT2D eigenvalue weighted by Gasteiger charge is -2.12. The maximum atomic E-state index is 12.3. The molecule has 12 nitrogen and oxygen atoms in total. The lowest BCUT2D eigenvalue weighted by atomic mass is 10.0. The number of carbonyl (C=O) groups excluding carboxylic acids is 1. The van der Waals surface area contributed by atoms with Crippen LogP contribution < -0.4 is 16.2 Å². The molecule has 12 heteroatoms. The molecule has 4 aromatic rings. The van der Waals surface area contributed by atoms with Crippen LogP contribution >= 0.6 is 0 Å². The molecule has 1 heterocycles. The van der Waals surface area contributed by atoms with Crippen molar-refractivity contribution in [3.8, 4) is 11.3 Å². The molecule has 1 aromatic heterocycles. The van der Waals surface area contributed by atoms with E-state index in [4.69, 9.17) is 0 Å². The van der Waals surface area contributed by atoms with E-state index < -0.39 is 27.1 Å². The highest BCUT2D eigenvalue weighted by Gasteiger charge is 2.20. The molecule has 0 fully saturated rings. The maximum absolute atomic E-state index is 12.3. The van der Waals surface area contributed by atoms with Crippen molar-refractivity contribution in [3.05, 3.63) is 92.5 Å². The van der Waals surface area contributed by atoms with Gasteiger partial charge in [-0.25, -0.2) is 9.97 Å². The quantitative estimate of drug-likeness (QED) is 0.253. The van der Waals surface area contributed by atoms with E-state index >= 15 is 0 Å². The monoisotopic (exact) mass is 473 g/mol. The molecule has 0 radical (unpaired) electrons. The smallest absolute Gasteiger partial charge is 0.300 e. The molecule has 176 valence electrons. The van der Waals surface area contributed by atoms with Crippen LogP contribution in [0.25, 0.3) is 22.2 Å². The van der Waals surface area contributed by atoms with E-state index in [0.29, 0.717) is 11.2 Å². The number of hydrazine groups is 1. The molecule has 0 unspecified atom stereocenters. The summed E-state index contributed by atoms with van der Waals surface area (Å²) < 4.78 is 0. The Labute approximate surface area is 198 Å². The van der Waals surface area contributed by atoms with Gasteiger partial charge < -0.3 is 5.32 Å². The van der Waals surface area contributed by atoms with Gasteiger partial charge in [0, 0.05) is 17.0 Å². The molecule has 0 saturated carbocycles. The molecular formula is C23H19N7O5.